The molecule has 3 N–H and O–H groups in total. The molecular weight excluding hydrogens is 266 g/mol. The molecule has 0 spiro atoms. The first kappa shape index (κ1) is 14.2. The number of aliphatic hydroxyl groups excluding tert-OH is 1. The average Bonchev–Trinajstić information content (AvgIpc) is 2.67. The first-order valence-electron chi connectivity index (χ1n) is 5.64. The highest BCUT2D eigenvalue weighted by atomic mass is 19.4. The Morgan fingerprint density at radius 2 is 2.00 bits per heavy atom. The van der Waals surface area contributed by atoms with E-state index in [9.17, 15) is 22.7 Å². The van der Waals surface area contributed by atoms with Crippen molar-refractivity contribution >= 4 is 0 Å². The van der Waals surface area contributed by atoms with Crippen LogP contribution >= 0.6 is 0 Å². The maximum absolute atomic E-state index is 13.7. The fourth-order valence-corrected chi connectivity index (χ4v) is 2.42. The molecule has 1 aromatic rings. The van der Waals surface area contributed by atoms with Crippen LogP contribution in [0.3, 0.4) is 0 Å². The smallest absolute Gasteiger partial charge is 0.396 e. The molecule has 0 radical (unpaired) electrons. The summed E-state index contributed by atoms with van der Waals surface area (Å²) in [5, 5.41) is 9.21. The van der Waals surface area contributed by atoms with Gasteiger partial charge in [0.15, 0.2) is 6.10 Å². The van der Waals surface area contributed by atoms with E-state index in [0.717, 1.165) is 6.07 Å². The maximum atomic E-state index is 13.7. The predicted octanol–water partition coefficient (Wildman–Crippen LogP) is 1.55. The second-order valence-electron chi connectivity index (χ2n) is 4.58. The summed E-state index contributed by atoms with van der Waals surface area (Å²) in [4.78, 5) is 0. The summed E-state index contributed by atoms with van der Waals surface area (Å²) in [5.74, 6) is -2.15. The fraction of sp³-hybridized carbons (Fsp3) is 0.500. The third kappa shape index (κ3) is 2.33. The van der Waals surface area contributed by atoms with Gasteiger partial charge in [-0.15, -0.1) is 0 Å². The number of hydrogen-bond donors (Lipinski definition) is 2. The van der Waals surface area contributed by atoms with E-state index in [1.165, 1.54) is 18.2 Å². The monoisotopic (exact) mass is 279 g/mol. The van der Waals surface area contributed by atoms with Gasteiger partial charge in [0.1, 0.15) is 5.82 Å². The molecule has 0 saturated carbocycles. The highest BCUT2D eigenvalue weighted by Gasteiger charge is 2.58. The summed E-state index contributed by atoms with van der Waals surface area (Å²) >= 11 is 0. The predicted molar refractivity (Wildman–Crippen MR) is 58.6 cm³/mol. The van der Waals surface area contributed by atoms with E-state index in [1.807, 2.05) is 0 Å². The lowest BCUT2D eigenvalue weighted by Crippen LogP contribution is -2.50. The van der Waals surface area contributed by atoms with Crippen LogP contribution in [0.15, 0.2) is 24.3 Å². The van der Waals surface area contributed by atoms with Crippen LogP contribution in [0.5, 0.6) is 0 Å². The van der Waals surface area contributed by atoms with Crippen LogP contribution in [-0.4, -0.2) is 30.6 Å². The molecule has 1 fully saturated rings. The number of ether oxygens (including phenoxy) is 1. The van der Waals surface area contributed by atoms with Crippen molar-refractivity contribution in [3.05, 3.63) is 35.6 Å². The Bertz CT molecular complexity index is 465. The largest absolute Gasteiger partial charge is 0.415 e. The van der Waals surface area contributed by atoms with Gasteiger partial charge in [0, 0.05) is 11.5 Å². The zero-order valence-electron chi connectivity index (χ0n) is 9.82. The van der Waals surface area contributed by atoms with Gasteiger partial charge in [0.2, 0.25) is 0 Å². The number of benzene rings is 1. The Kier molecular flexibility index (Phi) is 3.55. The number of alkyl halides is 3. The summed E-state index contributed by atoms with van der Waals surface area (Å²) in [6.07, 6.45) is -6.85. The molecule has 1 aromatic carbocycles. The molecule has 0 aliphatic carbocycles. The Morgan fingerprint density at radius 1 is 1.37 bits per heavy atom. The van der Waals surface area contributed by atoms with E-state index in [-0.39, 0.29) is 5.56 Å². The van der Waals surface area contributed by atoms with Gasteiger partial charge in [-0.1, -0.05) is 18.2 Å². The summed E-state index contributed by atoms with van der Waals surface area (Å²) < 4.78 is 56.7. The Morgan fingerprint density at radius 3 is 2.53 bits per heavy atom. The van der Waals surface area contributed by atoms with E-state index in [4.69, 9.17) is 5.73 Å². The summed E-state index contributed by atoms with van der Waals surface area (Å²) in [6.45, 7) is -1.33. The van der Waals surface area contributed by atoms with Gasteiger partial charge in [-0.2, -0.15) is 13.2 Å². The SMILES string of the molecule is N[C@@]1(c2ccccc2F)CO[C@H](C(F)(F)F)C1CO. The molecule has 3 atom stereocenters. The van der Waals surface area contributed by atoms with Crippen LogP contribution in [0.2, 0.25) is 0 Å². The topological polar surface area (TPSA) is 55.5 Å². The standard InChI is InChI=1S/C12H13F4NO2/c13-9-4-2-1-3-7(9)11(17)6-19-10(8(11)5-18)12(14,15)16/h1-4,8,10,18H,5-6,17H2/t8?,10-,11+/m0/s1. The van der Waals surface area contributed by atoms with Gasteiger partial charge in [-0.05, 0) is 6.07 Å². The minimum Gasteiger partial charge on any atom is -0.396 e. The average molecular weight is 279 g/mol. The number of nitrogens with two attached hydrogens (primary N) is 1. The Hall–Kier alpha value is -1.18. The summed E-state index contributed by atoms with van der Waals surface area (Å²) in [5.41, 5.74) is 4.12. The molecule has 1 aliphatic rings. The fourth-order valence-electron chi connectivity index (χ4n) is 2.42. The second-order valence-corrected chi connectivity index (χ2v) is 4.58. The molecule has 1 unspecified atom stereocenters. The van der Waals surface area contributed by atoms with Crippen LogP contribution in [0, 0.1) is 11.7 Å². The van der Waals surface area contributed by atoms with Crippen molar-refractivity contribution in [2.75, 3.05) is 13.2 Å². The minimum absolute atomic E-state index is 0.0826. The molecule has 0 bridgehead atoms. The molecule has 1 heterocycles. The zero-order chi connectivity index (χ0) is 14.3. The molecule has 106 valence electrons. The van der Waals surface area contributed by atoms with Gasteiger partial charge in [0.25, 0.3) is 0 Å². The van der Waals surface area contributed by atoms with Crippen LogP contribution in [-0.2, 0) is 10.3 Å². The van der Waals surface area contributed by atoms with Gasteiger partial charge in [-0.3, -0.25) is 0 Å². The molecule has 19 heavy (non-hydrogen) atoms. The molecule has 2 rings (SSSR count). The van der Waals surface area contributed by atoms with E-state index < -0.39 is 42.8 Å². The highest BCUT2D eigenvalue weighted by Crippen LogP contribution is 2.44. The normalized spacial score (nSPS) is 31.7. The lowest BCUT2D eigenvalue weighted by molar-refractivity contribution is -0.219. The number of rotatable bonds is 2. The Balaban J connectivity index is 2.42. The molecular formula is C12H13F4NO2. The third-order valence-corrected chi connectivity index (χ3v) is 3.42. The van der Waals surface area contributed by atoms with E-state index in [2.05, 4.69) is 4.74 Å². The first-order valence-corrected chi connectivity index (χ1v) is 5.64. The van der Waals surface area contributed by atoms with Crippen LogP contribution in [0.1, 0.15) is 5.56 Å². The zero-order valence-corrected chi connectivity index (χ0v) is 9.82. The molecule has 1 aliphatic heterocycles. The van der Waals surface area contributed by atoms with E-state index in [1.54, 1.807) is 0 Å². The highest BCUT2D eigenvalue weighted by molar-refractivity contribution is 5.29. The van der Waals surface area contributed by atoms with Gasteiger partial charge < -0.3 is 15.6 Å². The van der Waals surface area contributed by atoms with Crippen molar-refractivity contribution in [1.82, 2.24) is 0 Å². The van der Waals surface area contributed by atoms with Crippen molar-refractivity contribution in [3.63, 3.8) is 0 Å². The summed E-state index contributed by atoms with van der Waals surface area (Å²) in [7, 11) is 0. The molecule has 3 nitrogen and oxygen atoms in total. The number of aliphatic hydroxyl groups is 1. The second kappa shape index (κ2) is 4.73. The van der Waals surface area contributed by atoms with Crippen LogP contribution in [0.4, 0.5) is 17.6 Å². The quantitative estimate of drug-likeness (QED) is 0.808. The van der Waals surface area contributed by atoms with Crippen molar-refractivity contribution in [2.24, 2.45) is 11.7 Å². The van der Waals surface area contributed by atoms with Gasteiger partial charge in [0.05, 0.1) is 18.8 Å². The molecule has 1 saturated heterocycles. The van der Waals surface area contributed by atoms with E-state index >= 15 is 0 Å². The third-order valence-electron chi connectivity index (χ3n) is 3.42. The number of hydrogen-bond acceptors (Lipinski definition) is 3. The van der Waals surface area contributed by atoms with E-state index in [0.29, 0.717) is 0 Å². The maximum Gasteiger partial charge on any atom is 0.415 e. The molecule has 0 amide bonds. The van der Waals surface area contributed by atoms with Crippen molar-refractivity contribution in [1.29, 1.82) is 0 Å². The number of halogens is 4. The molecule has 0 aromatic heterocycles. The Labute approximate surface area is 107 Å². The first-order chi connectivity index (χ1) is 8.80. The van der Waals surface area contributed by atoms with Crippen molar-refractivity contribution in [2.45, 2.75) is 17.8 Å². The molecule has 7 heteroatoms. The lowest BCUT2D eigenvalue weighted by Gasteiger charge is -2.31. The van der Waals surface area contributed by atoms with Crippen molar-refractivity contribution in [3.8, 4) is 0 Å². The van der Waals surface area contributed by atoms with Gasteiger partial charge >= 0.3 is 6.18 Å². The van der Waals surface area contributed by atoms with Crippen LogP contribution in [0.25, 0.3) is 0 Å². The van der Waals surface area contributed by atoms with Crippen molar-refractivity contribution < 1.29 is 27.4 Å². The van der Waals surface area contributed by atoms with Crippen LogP contribution < -0.4 is 5.73 Å². The van der Waals surface area contributed by atoms with Gasteiger partial charge in [-0.25, -0.2) is 4.39 Å². The minimum atomic E-state index is -4.65. The summed E-state index contributed by atoms with van der Waals surface area (Å²) in [6, 6.07) is 5.30. The lowest BCUT2D eigenvalue weighted by atomic mass is 9.78.